The Kier molecular flexibility index (Phi) is 5.85. The van der Waals surface area contributed by atoms with E-state index in [1.54, 1.807) is 4.90 Å². The molecule has 2 aliphatic heterocycles. The van der Waals surface area contributed by atoms with Gasteiger partial charge in [-0.25, -0.2) is 4.79 Å². The molecule has 2 amide bonds. The van der Waals surface area contributed by atoms with Crippen molar-refractivity contribution in [2.75, 3.05) is 32.8 Å². The molecule has 2 saturated heterocycles. The minimum atomic E-state index is -0.878. The first-order valence-corrected chi connectivity index (χ1v) is 8.01. The molecule has 0 aromatic rings. The average molecular weight is 298 g/mol. The van der Waals surface area contributed by atoms with Gasteiger partial charge in [0.05, 0.1) is 19.3 Å². The van der Waals surface area contributed by atoms with Gasteiger partial charge in [-0.3, -0.25) is 4.79 Å². The van der Waals surface area contributed by atoms with Gasteiger partial charge in [-0.1, -0.05) is 19.3 Å². The van der Waals surface area contributed by atoms with Crippen molar-refractivity contribution in [1.29, 1.82) is 0 Å². The molecule has 0 bridgehead atoms. The number of likely N-dealkylation sites (N-methyl/N-ethyl adjacent to an activating group) is 1. The summed E-state index contributed by atoms with van der Waals surface area (Å²) in [6, 6.07) is -0.369. The number of nitrogens with zero attached hydrogens (tertiary/aromatic N) is 2. The highest BCUT2D eigenvalue weighted by molar-refractivity contribution is 5.77. The zero-order valence-electron chi connectivity index (χ0n) is 12.8. The largest absolute Gasteiger partial charge is 0.481 e. The summed E-state index contributed by atoms with van der Waals surface area (Å²) in [6.07, 6.45) is 5.65. The first-order valence-electron chi connectivity index (χ1n) is 8.01. The van der Waals surface area contributed by atoms with Crippen LogP contribution in [-0.4, -0.2) is 65.8 Å². The SMILES string of the molecule is CCN(C(=O)N1CCCCCCC1)C1COCC1C(=O)O. The molecule has 0 saturated carbocycles. The van der Waals surface area contributed by atoms with Crippen LogP contribution in [0.3, 0.4) is 0 Å². The monoisotopic (exact) mass is 298 g/mol. The Morgan fingerprint density at radius 2 is 1.76 bits per heavy atom. The number of hydrogen-bond acceptors (Lipinski definition) is 3. The third-order valence-corrected chi connectivity index (χ3v) is 4.48. The normalized spacial score (nSPS) is 27.0. The van der Waals surface area contributed by atoms with Crippen molar-refractivity contribution < 1.29 is 19.4 Å². The molecule has 120 valence electrons. The highest BCUT2D eigenvalue weighted by Crippen LogP contribution is 2.22. The van der Waals surface area contributed by atoms with Crippen molar-refractivity contribution in [3.63, 3.8) is 0 Å². The van der Waals surface area contributed by atoms with Crippen LogP contribution in [0.15, 0.2) is 0 Å². The highest BCUT2D eigenvalue weighted by atomic mass is 16.5. The lowest BCUT2D eigenvalue weighted by molar-refractivity contribution is -0.142. The van der Waals surface area contributed by atoms with Crippen LogP contribution >= 0.6 is 0 Å². The van der Waals surface area contributed by atoms with Crippen LogP contribution in [0.4, 0.5) is 4.79 Å². The van der Waals surface area contributed by atoms with Crippen molar-refractivity contribution in [3.05, 3.63) is 0 Å². The van der Waals surface area contributed by atoms with E-state index in [9.17, 15) is 14.7 Å². The number of carbonyl (C=O) groups is 2. The maximum absolute atomic E-state index is 12.8. The number of likely N-dealkylation sites (tertiary alicyclic amines) is 1. The molecular formula is C15H26N2O4. The molecule has 2 fully saturated rings. The number of amides is 2. The topological polar surface area (TPSA) is 70.1 Å². The molecule has 6 nitrogen and oxygen atoms in total. The van der Waals surface area contributed by atoms with Gasteiger partial charge in [0, 0.05) is 19.6 Å². The van der Waals surface area contributed by atoms with Gasteiger partial charge in [0.2, 0.25) is 0 Å². The van der Waals surface area contributed by atoms with E-state index in [4.69, 9.17) is 4.74 Å². The molecule has 1 N–H and O–H groups in total. The molecule has 2 atom stereocenters. The number of ether oxygens (including phenoxy) is 1. The lowest BCUT2D eigenvalue weighted by Crippen LogP contribution is -2.52. The zero-order valence-corrected chi connectivity index (χ0v) is 12.8. The van der Waals surface area contributed by atoms with Crippen LogP contribution in [0.2, 0.25) is 0 Å². The number of rotatable bonds is 3. The Morgan fingerprint density at radius 1 is 1.14 bits per heavy atom. The number of hydrogen-bond donors (Lipinski definition) is 1. The highest BCUT2D eigenvalue weighted by Gasteiger charge is 2.40. The second-order valence-electron chi connectivity index (χ2n) is 5.87. The van der Waals surface area contributed by atoms with Crippen molar-refractivity contribution in [2.24, 2.45) is 5.92 Å². The number of urea groups is 1. The predicted octanol–water partition coefficient (Wildman–Crippen LogP) is 1.79. The van der Waals surface area contributed by atoms with Gasteiger partial charge in [-0.05, 0) is 19.8 Å². The van der Waals surface area contributed by atoms with Crippen LogP contribution in [0.1, 0.15) is 39.0 Å². The summed E-state index contributed by atoms with van der Waals surface area (Å²) in [5, 5.41) is 9.27. The third-order valence-electron chi connectivity index (χ3n) is 4.48. The first kappa shape index (κ1) is 16.1. The van der Waals surface area contributed by atoms with Crippen molar-refractivity contribution in [3.8, 4) is 0 Å². The molecule has 2 aliphatic rings. The molecule has 0 spiro atoms. The fourth-order valence-electron chi connectivity index (χ4n) is 3.22. The van der Waals surface area contributed by atoms with Gasteiger partial charge < -0.3 is 19.6 Å². The van der Waals surface area contributed by atoms with Gasteiger partial charge in [-0.15, -0.1) is 0 Å². The second-order valence-corrected chi connectivity index (χ2v) is 5.87. The lowest BCUT2D eigenvalue weighted by atomic mass is 10.0. The van der Waals surface area contributed by atoms with Crippen molar-refractivity contribution in [1.82, 2.24) is 9.80 Å². The Balaban J connectivity index is 2.04. The van der Waals surface area contributed by atoms with Crippen LogP contribution in [0, 0.1) is 5.92 Å². The summed E-state index contributed by atoms with van der Waals surface area (Å²) in [7, 11) is 0. The fourth-order valence-corrected chi connectivity index (χ4v) is 3.22. The van der Waals surface area contributed by atoms with Crippen LogP contribution in [-0.2, 0) is 9.53 Å². The van der Waals surface area contributed by atoms with E-state index in [0.29, 0.717) is 13.2 Å². The summed E-state index contributed by atoms with van der Waals surface area (Å²) < 4.78 is 5.30. The molecule has 0 aliphatic carbocycles. The minimum Gasteiger partial charge on any atom is -0.481 e. The van der Waals surface area contributed by atoms with Gasteiger partial charge in [0.1, 0.15) is 5.92 Å². The lowest BCUT2D eigenvalue weighted by Gasteiger charge is -2.35. The van der Waals surface area contributed by atoms with E-state index in [1.165, 1.54) is 19.3 Å². The van der Waals surface area contributed by atoms with Gasteiger partial charge in [0.15, 0.2) is 0 Å². The van der Waals surface area contributed by atoms with E-state index in [-0.39, 0.29) is 18.7 Å². The summed E-state index contributed by atoms with van der Waals surface area (Å²) in [5.41, 5.74) is 0. The molecule has 2 heterocycles. The van der Waals surface area contributed by atoms with E-state index in [2.05, 4.69) is 0 Å². The number of aliphatic carboxylic acids is 1. The molecule has 0 aromatic carbocycles. The summed E-state index contributed by atoms with van der Waals surface area (Å²) in [6.45, 7) is 4.50. The fraction of sp³-hybridized carbons (Fsp3) is 0.867. The quantitative estimate of drug-likeness (QED) is 0.862. The van der Waals surface area contributed by atoms with Gasteiger partial charge >= 0.3 is 12.0 Å². The average Bonchev–Trinajstić information content (AvgIpc) is 2.88. The molecule has 6 heteroatoms. The Hall–Kier alpha value is -1.30. The summed E-state index contributed by atoms with van der Waals surface area (Å²) in [5.74, 6) is -1.49. The van der Waals surface area contributed by atoms with Crippen molar-refractivity contribution >= 4 is 12.0 Å². The first-order chi connectivity index (χ1) is 10.1. The molecule has 21 heavy (non-hydrogen) atoms. The number of carboxylic acid groups (broad SMARTS) is 1. The van der Waals surface area contributed by atoms with Crippen molar-refractivity contribution in [2.45, 2.75) is 45.1 Å². The Morgan fingerprint density at radius 3 is 2.33 bits per heavy atom. The third kappa shape index (κ3) is 3.87. The number of carbonyl (C=O) groups excluding carboxylic acids is 1. The van der Waals surface area contributed by atoms with E-state index >= 15 is 0 Å². The van der Waals surface area contributed by atoms with E-state index in [0.717, 1.165) is 25.9 Å². The van der Waals surface area contributed by atoms with Gasteiger partial charge in [0.25, 0.3) is 0 Å². The molecule has 0 aromatic heterocycles. The molecule has 2 unspecified atom stereocenters. The second kappa shape index (κ2) is 7.64. The standard InChI is InChI=1S/C15H26N2O4/c1-2-17(13-11-21-10-12(13)14(18)19)15(20)16-8-6-4-3-5-7-9-16/h12-13H,2-11H2,1H3,(H,18,19). The Bertz CT molecular complexity index is 367. The zero-order chi connectivity index (χ0) is 15.2. The maximum Gasteiger partial charge on any atom is 0.320 e. The molecule has 0 radical (unpaired) electrons. The van der Waals surface area contributed by atoms with Crippen LogP contribution < -0.4 is 0 Å². The van der Waals surface area contributed by atoms with E-state index < -0.39 is 11.9 Å². The van der Waals surface area contributed by atoms with Crippen LogP contribution in [0.25, 0.3) is 0 Å². The van der Waals surface area contributed by atoms with Gasteiger partial charge in [-0.2, -0.15) is 0 Å². The Labute approximate surface area is 126 Å². The molecule has 2 rings (SSSR count). The van der Waals surface area contributed by atoms with E-state index in [1.807, 2.05) is 11.8 Å². The predicted molar refractivity (Wildman–Crippen MR) is 78.2 cm³/mol. The summed E-state index contributed by atoms with van der Waals surface area (Å²) in [4.78, 5) is 27.6. The number of carboxylic acids is 1. The minimum absolute atomic E-state index is 0.0267. The maximum atomic E-state index is 12.8. The smallest absolute Gasteiger partial charge is 0.320 e. The van der Waals surface area contributed by atoms with Crippen LogP contribution in [0.5, 0.6) is 0 Å². The summed E-state index contributed by atoms with van der Waals surface area (Å²) >= 11 is 0. The molecular weight excluding hydrogens is 272 g/mol.